The van der Waals surface area contributed by atoms with E-state index in [2.05, 4.69) is 10.2 Å². The Hall–Kier alpha value is -0.830. The van der Waals surface area contributed by atoms with E-state index in [9.17, 15) is 9.90 Å². The molecule has 1 aromatic rings. The molecule has 0 fully saturated rings. The quantitative estimate of drug-likeness (QED) is 0.621. The first-order chi connectivity index (χ1) is 8.78. The zero-order valence-electron chi connectivity index (χ0n) is 11.7. The Kier molecular flexibility index (Phi) is 5.60. The maximum absolute atomic E-state index is 11.9. The van der Waals surface area contributed by atoms with Crippen molar-refractivity contribution >= 4 is 29.0 Å². The molecule has 0 atom stereocenters. The van der Waals surface area contributed by atoms with Gasteiger partial charge >= 0.3 is 6.09 Å². The van der Waals surface area contributed by atoms with Crippen LogP contribution in [0.5, 0.6) is 0 Å². The van der Waals surface area contributed by atoms with Crippen LogP contribution in [0.1, 0.15) is 44.6 Å². The number of nitrogens with one attached hydrogen (secondary N) is 1. The fraction of sp³-hybridized carbons (Fsp3) is 0.667. The molecule has 2 N–H and O–H groups in total. The lowest BCUT2D eigenvalue weighted by Gasteiger charge is -2.23. The van der Waals surface area contributed by atoms with E-state index in [-0.39, 0.29) is 6.61 Å². The molecule has 0 unspecified atom stereocenters. The van der Waals surface area contributed by atoms with Crippen LogP contribution in [-0.2, 0) is 24.3 Å². The highest BCUT2D eigenvalue weighted by molar-refractivity contribution is 14.1. The van der Waals surface area contributed by atoms with Crippen LogP contribution in [0.2, 0.25) is 0 Å². The van der Waals surface area contributed by atoms with E-state index < -0.39 is 11.7 Å². The number of aromatic amines is 1. The number of hydrogen-bond acceptors (Lipinski definition) is 4. The molecule has 1 heterocycles. The number of aliphatic hydroxyl groups is 1. The van der Waals surface area contributed by atoms with E-state index >= 15 is 0 Å². The normalized spacial score (nSPS) is 11.5. The van der Waals surface area contributed by atoms with Gasteiger partial charge in [-0.2, -0.15) is 5.10 Å². The van der Waals surface area contributed by atoms with Crippen LogP contribution in [0.15, 0.2) is 0 Å². The summed E-state index contributed by atoms with van der Waals surface area (Å²) in [4.78, 5) is 11.9. The van der Waals surface area contributed by atoms with Gasteiger partial charge < -0.3 is 9.84 Å². The van der Waals surface area contributed by atoms with Crippen LogP contribution in [-0.4, -0.2) is 30.1 Å². The van der Waals surface area contributed by atoms with Crippen molar-refractivity contribution in [2.24, 2.45) is 0 Å². The monoisotopic (exact) mass is 381 g/mol. The van der Waals surface area contributed by atoms with Crippen LogP contribution >= 0.6 is 22.9 Å². The molecule has 0 aliphatic heterocycles. The molecule has 0 saturated carbocycles. The molecule has 1 amide bonds. The number of aryl methyl sites for hydroxylation is 1. The summed E-state index contributed by atoms with van der Waals surface area (Å²) in [5.74, 6) is 0. The summed E-state index contributed by atoms with van der Waals surface area (Å²) in [6.07, 6.45) is 0.338. The first-order valence-corrected chi connectivity index (χ1v) is 7.07. The Balaban J connectivity index is 2.79. The molecule has 0 bridgehead atoms. The van der Waals surface area contributed by atoms with Crippen LogP contribution in [0.4, 0.5) is 4.79 Å². The number of ether oxygens (including phenoxy) is 1. The van der Waals surface area contributed by atoms with Crippen LogP contribution < -0.4 is 0 Å². The van der Waals surface area contributed by atoms with Crippen molar-refractivity contribution in [3.63, 3.8) is 0 Å². The molecule has 0 aromatic carbocycles. The van der Waals surface area contributed by atoms with E-state index in [1.165, 1.54) is 3.11 Å². The molecule has 1 rings (SSSR count). The van der Waals surface area contributed by atoms with Gasteiger partial charge in [-0.25, -0.2) is 7.91 Å². The van der Waals surface area contributed by atoms with Crippen molar-refractivity contribution in [3.05, 3.63) is 17.0 Å². The van der Waals surface area contributed by atoms with Gasteiger partial charge in [-0.05, 0) is 27.2 Å². The molecule has 0 spiro atoms. The topological polar surface area (TPSA) is 78.5 Å². The minimum atomic E-state index is -0.524. The van der Waals surface area contributed by atoms with Crippen LogP contribution in [0.25, 0.3) is 0 Å². The smallest absolute Gasteiger partial charge is 0.419 e. The largest absolute Gasteiger partial charge is 0.443 e. The summed E-state index contributed by atoms with van der Waals surface area (Å²) >= 11 is 1.91. The zero-order valence-corrected chi connectivity index (χ0v) is 13.8. The highest BCUT2D eigenvalue weighted by Gasteiger charge is 2.23. The molecule has 7 heteroatoms. The highest BCUT2D eigenvalue weighted by atomic mass is 127. The standard InChI is InChI=1S/C12H20IN3O3/c1-5-9-8(10(7-17)15-14-9)6-16(13)11(18)19-12(2,3)4/h17H,5-7H2,1-4H3,(H,14,15). The van der Waals surface area contributed by atoms with E-state index in [0.717, 1.165) is 17.7 Å². The molecule has 108 valence electrons. The van der Waals surface area contributed by atoms with Gasteiger partial charge in [-0.1, -0.05) is 6.92 Å². The molecular formula is C12H20IN3O3. The Bertz CT molecular complexity index is 418. The number of carbonyl (C=O) groups excluding carboxylic acids is 1. The summed E-state index contributed by atoms with van der Waals surface area (Å²) in [5, 5.41) is 16.2. The minimum absolute atomic E-state index is 0.124. The lowest BCUT2D eigenvalue weighted by molar-refractivity contribution is 0.0420. The summed E-state index contributed by atoms with van der Waals surface area (Å²) in [5.41, 5.74) is 1.83. The van der Waals surface area contributed by atoms with Crippen LogP contribution in [0, 0.1) is 0 Å². The average molecular weight is 381 g/mol. The number of H-pyrrole nitrogens is 1. The van der Waals surface area contributed by atoms with Gasteiger partial charge in [0.2, 0.25) is 0 Å². The maximum Gasteiger partial charge on any atom is 0.419 e. The molecule has 1 aromatic heterocycles. The average Bonchev–Trinajstić information content (AvgIpc) is 2.68. The van der Waals surface area contributed by atoms with Gasteiger partial charge in [0.15, 0.2) is 0 Å². The summed E-state index contributed by atoms with van der Waals surface area (Å²) in [6.45, 7) is 7.68. The van der Waals surface area contributed by atoms with Crippen molar-refractivity contribution < 1.29 is 14.6 Å². The third-order valence-corrected chi connectivity index (χ3v) is 3.16. The van der Waals surface area contributed by atoms with Crippen molar-refractivity contribution in [2.45, 2.75) is 52.9 Å². The zero-order chi connectivity index (χ0) is 14.6. The van der Waals surface area contributed by atoms with Gasteiger partial charge in [0.1, 0.15) is 5.60 Å². The number of amides is 1. The van der Waals surface area contributed by atoms with E-state index in [0.29, 0.717) is 12.2 Å². The lowest BCUT2D eigenvalue weighted by Crippen LogP contribution is -2.31. The Morgan fingerprint density at radius 2 is 2.16 bits per heavy atom. The SMILES string of the molecule is CCc1n[nH]c(CO)c1CN(I)C(=O)OC(C)(C)C. The molecule has 0 saturated heterocycles. The van der Waals surface area contributed by atoms with E-state index in [4.69, 9.17) is 4.74 Å². The molecule has 0 radical (unpaired) electrons. The van der Waals surface area contributed by atoms with Gasteiger partial charge in [-0.3, -0.25) is 5.10 Å². The van der Waals surface area contributed by atoms with E-state index in [1.807, 2.05) is 50.6 Å². The fourth-order valence-electron chi connectivity index (χ4n) is 1.57. The van der Waals surface area contributed by atoms with Crippen LogP contribution in [0.3, 0.4) is 0 Å². The predicted octanol–water partition coefficient (Wildman–Crippen LogP) is 2.55. The van der Waals surface area contributed by atoms with Crippen molar-refractivity contribution in [2.75, 3.05) is 0 Å². The van der Waals surface area contributed by atoms with Gasteiger partial charge in [-0.15, -0.1) is 0 Å². The molecular weight excluding hydrogens is 361 g/mol. The Morgan fingerprint density at radius 3 is 2.63 bits per heavy atom. The second-order valence-corrected chi connectivity index (χ2v) is 6.30. The van der Waals surface area contributed by atoms with Gasteiger partial charge in [0.25, 0.3) is 0 Å². The van der Waals surface area contributed by atoms with Gasteiger partial charge in [0, 0.05) is 5.56 Å². The number of halogens is 1. The van der Waals surface area contributed by atoms with Crippen molar-refractivity contribution in [3.8, 4) is 0 Å². The maximum atomic E-state index is 11.9. The minimum Gasteiger partial charge on any atom is -0.443 e. The van der Waals surface area contributed by atoms with Crippen molar-refractivity contribution in [1.82, 2.24) is 13.3 Å². The first kappa shape index (κ1) is 16.2. The van der Waals surface area contributed by atoms with Crippen molar-refractivity contribution in [1.29, 1.82) is 0 Å². The predicted molar refractivity (Wildman–Crippen MR) is 79.7 cm³/mol. The third-order valence-electron chi connectivity index (χ3n) is 2.42. The first-order valence-electron chi connectivity index (χ1n) is 6.10. The number of nitrogens with zero attached hydrogens (tertiary/aromatic N) is 2. The van der Waals surface area contributed by atoms with Gasteiger partial charge in [0.05, 0.1) is 47.4 Å². The second kappa shape index (κ2) is 6.56. The lowest BCUT2D eigenvalue weighted by atomic mass is 10.1. The summed E-state index contributed by atoms with van der Waals surface area (Å²) in [7, 11) is 0. The molecule has 0 aliphatic rings. The molecule has 0 aliphatic carbocycles. The fourth-order valence-corrected chi connectivity index (χ4v) is 2.01. The number of rotatable bonds is 4. The third kappa shape index (κ3) is 4.64. The Labute approximate surface area is 127 Å². The van der Waals surface area contributed by atoms with E-state index in [1.54, 1.807) is 0 Å². The number of carbonyl (C=O) groups is 1. The molecule has 19 heavy (non-hydrogen) atoms. The number of aromatic nitrogens is 2. The highest BCUT2D eigenvalue weighted by Crippen LogP contribution is 2.20. The summed E-state index contributed by atoms with van der Waals surface area (Å²) < 4.78 is 6.73. The molecule has 6 nitrogen and oxygen atoms in total. The number of hydrogen-bond donors (Lipinski definition) is 2. The Morgan fingerprint density at radius 1 is 1.53 bits per heavy atom. The second-order valence-electron chi connectivity index (χ2n) is 5.14. The number of aliphatic hydroxyl groups excluding tert-OH is 1. The summed E-state index contributed by atoms with van der Waals surface area (Å²) in [6, 6.07) is 0.